The van der Waals surface area contributed by atoms with Gasteiger partial charge in [0.2, 0.25) is 0 Å². The van der Waals surface area contributed by atoms with Gasteiger partial charge < -0.3 is 9.47 Å². The molecule has 0 atom stereocenters. The van der Waals surface area contributed by atoms with E-state index in [9.17, 15) is 0 Å². The van der Waals surface area contributed by atoms with E-state index in [-0.39, 0.29) is 5.41 Å². The molecular weight excluding hydrogens is 212 g/mol. The number of rotatable bonds is 9. The normalized spacial score (nSPS) is 17.8. The highest BCUT2D eigenvalue weighted by atomic mass is 16.5. The second-order valence-electron chi connectivity index (χ2n) is 5.37. The number of hydrogen-bond donors (Lipinski definition) is 0. The molecule has 0 unspecified atom stereocenters. The zero-order chi connectivity index (χ0) is 12.6. The average molecular weight is 242 g/mol. The first kappa shape index (κ1) is 15.0. The zero-order valence-electron chi connectivity index (χ0n) is 12.0. The van der Waals surface area contributed by atoms with E-state index in [1.54, 1.807) is 0 Å². The zero-order valence-corrected chi connectivity index (χ0v) is 12.0. The predicted molar refractivity (Wildman–Crippen MR) is 72.3 cm³/mol. The summed E-state index contributed by atoms with van der Waals surface area (Å²) in [5.74, 6) is 0.820. The van der Waals surface area contributed by atoms with Crippen molar-refractivity contribution in [2.45, 2.75) is 59.3 Å². The maximum Gasteiger partial charge on any atom is 0.0547 e. The molecule has 0 bridgehead atoms. The van der Waals surface area contributed by atoms with Crippen LogP contribution in [-0.4, -0.2) is 26.4 Å². The molecule has 1 aliphatic rings. The molecule has 0 N–H and O–H groups in total. The third-order valence-corrected chi connectivity index (χ3v) is 4.16. The fourth-order valence-electron chi connectivity index (χ4n) is 3.27. The minimum Gasteiger partial charge on any atom is -0.381 e. The number of ether oxygens (including phenoxy) is 2. The molecule has 1 fully saturated rings. The Hall–Kier alpha value is -0.0800. The van der Waals surface area contributed by atoms with Crippen LogP contribution in [0.25, 0.3) is 0 Å². The molecule has 0 aromatic rings. The highest BCUT2D eigenvalue weighted by molar-refractivity contribution is 4.89. The third-order valence-electron chi connectivity index (χ3n) is 4.16. The first-order chi connectivity index (χ1) is 8.29. The van der Waals surface area contributed by atoms with Gasteiger partial charge in [0.1, 0.15) is 0 Å². The lowest BCUT2D eigenvalue weighted by molar-refractivity contribution is -0.0554. The summed E-state index contributed by atoms with van der Waals surface area (Å²) >= 11 is 0. The van der Waals surface area contributed by atoms with Crippen molar-refractivity contribution >= 4 is 0 Å². The third kappa shape index (κ3) is 4.26. The Balaban J connectivity index is 2.67. The summed E-state index contributed by atoms with van der Waals surface area (Å²) in [5, 5.41) is 0. The van der Waals surface area contributed by atoms with Gasteiger partial charge in [-0.15, -0.1) is 0 Å². The van der Waals surface area contributed by atoms with E-state index in [0.29, 0.717) is 0 Å². The first-order valence-electron chi connectivity index (χ1n) is 7.44. The average Bonchev–Trinajstić information content (AvgIpc) is 2.87. The quantitative estimate of drug-likeness (QED) is 0.607. The lowest BCUT2D eigenvalue weighted by Gasteiger charge is -2.38. The highest BCUT2D eigenvalue weighted by Gasteiger charge is 2.39. The molecule has 1 rings (SSSR count). The molecule has 0 amide bonds. The molecule has 0 aromatic heterocycles. The molecule has 0 spiro atoms. The van der Waals surface area contributed by atoms with Crippen molar-refractivity contribution in [2.24, 2.45) is 11.3 Å². The minimum absolute atomic E-state index is 0.289. The van der Waals surface area contributed by atoms with Crippen LogP contribution in [0, 0.1) is 11.3 Å². The summed E-state index contributed by atoms with van der Waals surface area (Å²) in [4.78, 5) is 0. The van der Waals surface area contributed by atoms with Crippen molar-refractivity contribution in [2.75, 3.05) is 26.4 Å². The van der Waals surface area contributed by atoms with Crippen LogP contribution >= 0.6 is 0 Å². The molecule has 0 heterocycles. The van der Waals surface area contributed by atoms with Crippen LogP contribution in [0.3, 0.4) is 0 Å². The maximum atomic E-state index is 5.78. The standard InChI is InChI=1S/C15H30O2/c1-4-11-15(12-16-5-2,13-17-6-3)14-9-7-8-10-14/h14H,4-13H2,1-3H3. The SMILES string of the molecule is CCCC(COCC)(COCC)C1CCCC1. The molecule has 0 aliphatic heterocycles. The summed E-state index contributed by atoms with van der Waals surface area (Å²) in [6.07, 6.45) is 8.03. The van der Waals surface area contributed by atoms with E-state index < -0.39 is 0 Å². The Bertz CT molecular complexity index is 177. The van der Waals surface area contributed by atoms with E-state index in [0.717, 1.165) is 32.3 Å². The summed E-state index contributed by atoms with van der Waals surface area (Å²) in [6.45, 7) is 9.89. The van der Waals surface area contributed by atoms with Crippen molar-refractivity contribution in [3.8, 4) is 0 Å². The maximum absolute atomic E-state index is 5.78. The van der Waals surface area contributed by atoms with Gasteiger partial charge in [-0.2, -0.15) is 0 Å². The van der Waals surface area contributed by atoms with Crippen LogP contribution in [0.2, 0.25) is 0 Å². The van der Waals surface area contributed by atoms with Crippen molar-refractivity contribution < 1.29 is 9.47 Å². The van der Waals surface area contributed by atoms with Gasteiger partial charge in [0.15, 0.2) is 0 Å². The lowest BCUT2D eigenvalue weighted by atomic mass is 9.72. The van der Waals surface area contributed by atoms with Crippen molar-refractivity contribution in [3.05, 3.63) is 0 Å². The second kappa shape index (κ2) is 8.10. The molecule has 0 saturated heterocycles. The van der Waals surface area contributed by atoms with Gasteiger partial charge in [0.25, 0.3) is 0 Å². The molecule has 2 heteroatoms. The van der Waals surface area contributed by atoms with Crippen LogP contribution < -0.4 is 0 Å². The summed E-state index contributed by atoms with van der Waals surface area (Å²) in [5.41, 5.74) is 0.289. The van der Waals surface area contributed by atoms with Crippen molar-refractivity contribution in [1.29, 1.82) is 0 Å². The molecule has 17 heavy (non-hydrogen) atoms. The predicted octanol–water partition coefficient (Wildman–Crippen LogP) is 4.04. The topological polar surface area (TPSA) is 18.5 Å². The van der Waals surface area contributed by atoms with Crippen LogP contribution in [0.4, 0.5) is 0 Å². The van der Waals surface area contributed by atoms with E-state index >= 15 is 0 Å². The van der Waals surface area contributed by atoms with Gasteiger partial charge in [-0.05, 0) is 39.0 Å². The molecule has 0 aromatic carbocycles. The van der Waals surface area contributed by atoms with Crippen LogP contribution in [0.15, 0.2) is 0 Å². The van der Waals surface area contributed by atoms with Gasteiger partial charge in [0, 0.05) is 18.6 Å². The fraction of sp³-hybridized carbons (Fsp3) is 1.00. The van der Waals surface area contributed by atoms with Crippen LogP contribution in [-0.2, 0) is 9.47 Å². The van der Waals surface area contributed by atoms with Crippen LogP contribution in [0.1, 0.15) is 59.3 Å². The monoisotopic (exact) mass is 242 g/mol. The van der Waals surface area contributed by atoms with Crippen molar-refractivity contribution in [3.63, 3.8) is 0 Å². The highest BCUT2D eigenvalue weighted by Crippen LogP contribution is 2.43. The molecule has 1 saturated carbocycles. The summed E-state index contributed by atoms with van der Waals surface area (Å²) in [6, 6.07) is 0. The molecule has 1 aliphatic carbocycles. The van der Waals surface area contributed by atoms with Gasteiger partial charge >= 0.3 is 0 Å². The van der Waals surface area contributed by atoms with E-state index in [1.165, 1.54) is 38.5 Å². The van der Waals surface area contributed by atoms with E-state index in [2.05, 4.69) is 20.8 Å². The summed E-state index contributed by atoms with van der Waals surface area (Å²) < 4.78 is 11.6. The lowest BCUT2D eigenvalue weighted by Crippen LogP contribution is -2.39. The molecule has 102 valence electrons. The van der Waals surface area contributed by atoms with Gasteiger partial charge in [-0.1, -0.05) is 26.2 Å². The Kier molecular flexibility index (Phi) is 7.14. The Morgan fingerprint density at radius 1 is 0.941 bits per heavy atom. The van der Waals surface area contributed by atoms with Crippen molar-refractivity contribution in [1.82, 2.24) is 0 Å². The van der Waals surface area contributed by atoms with Gasteiger partial charge in [0.05, 0.1) is 13.2 Å². The molecule has 0 radical (unpaired) electrons. The molecule has 2 nitrogen and oxygen atoms in total. The smallest absolute Gasteiger partial charge is 0.0547 e. The molecular formula is C15H30O2. The van der Waals surface area contributed by atoms with Gasteiger partial charge in [-0.3, -0.25) is 0 Å². The second-order valence-corrected chi connectivity index (χ2v) is 5.37. The Labute approximate surface area is 107 Å². The Morgan fingerprint density at radius 3 is 1.88 bits per heavy atom. The Morgan fingerprint density at radius 2 is 1.47 bits per heavy atom. The van der Waals surface area contributed by atoms with Crippen LogP contribution in [0.5, 0.6) is 0 Å². The minimum atomic E-state index is 0.289. The van der Waals surface area contributed by atoms with Gasteiger partial charge in [-0.25, -0.2) is 0 Å². The first-order valence-corrected chi connectivity index (χ1v) is 7.44. The fourth-order valence-corrected chi connectivity index (χ4v) is 3.27. The largest absolute Gasteiger partial charge is 0.381 e. The summed E-state index contributed by atoms with van der Waals surface area (Å²) in [7, 11) is 0. The van der Waals surface area contributed by atoms with E-state index in [1.807, 2.05) is 0 Å². The van der Waals surface area contributed by atoms with E-state index in [4.69, 9.17) is 9.47 Å². The number of hydrogen-bond acceptors (Lipinski definition) is 2.